The van der Waals surface area contributed by atoms with Crippen LogP contribution in [0.2, 0.25) is 0 Å². The Morgan fingerprint density at radius 1 is 0.812 bits per heavy atom. The number of amides is 4. The number of hydrogen-bond acceptors (Lipinski definition) is 5. The Kier molecular flexibility index (Phi) is 5.67. The van der Waals surface area contributed by atoms with Crippen molar-refractivity contribution in [2.75, 3.05) is 24.3 Å². The summed E-state index contributed by atoms with van der Waals surface area (Å²) in [6.45, 7) is -0.458. The number of para-hydroxylation sites is 1. The monoisotopic (exact) mass is 429 g/mol. The van der Waals surface area contributed by atoms with Crippen molar-refractivity contribution in [1.82, 2.24) is 4.90 Å². The fourth-order valence-corrected chi connectivity index (χ4v) is 3.38. The van der Waals surface area contributed by atoms with Crippen LogP contribution in [-0.2, 0) is 4.79 Å². The first-order valence-corrected chi connectivity index (χ1v) is 9.77. The third-order valence-corrected chi connectivity index (χ3v) is 4.97. The highest BCUT2D eigenvalue weighted by atomic mass is 16.5. The van der Waals surface area contributed by atoms with Crippen LogP contribution in [0.5, 0.6) is 5.75 Å². The molecular weight excluding hydrogens is 410 g/mol. The summed E-state index contributed by atoms with van der Waals surface area (Å²) < 4.78 is 5.10. The van der Waals surface area contributed by atoms with E-state index in [1.807, 2.05) is 0 Å². The van der Waals surface area contributed by atoms with Crippen molar-refractivity contribution in [3.8, 4) is 5.75 Å². The van der Waals surface area contributed by atoms with Crippen LogP contribution >= 0.6 is 0 Å². The Labute approximate surface area is 183 Å². The van der Waals surface area contributed by atoms with Crippen LogP contribution < -0.4 is 15.4 Å². The summed E-state index contributed by atoms with van der Waals surface area (Å²) in [7, 11) is 1.55. The van der Waals surface area contributed by atoms with Gasteiger partial charge in [0.15, 0.2) is 0 Å². The van der Waals surface area contributed by atoms with Gasteiger partial charge in [0.25, 0.3) is 17.7 Å². The first-order valence-electron chi connectivity index (χ1n) is 9.77. The summed E-state index contributed by atoms with van der Waals surface area (Å²) in [5.74, 6) is -1.41. The predicted molar refractivity (Wildman–Crippen MR) is 118 cm³/mol. The summed E-state index contributed by atoms with van der Waals surface area (Å²) in [4.78, 5) is 51.2. The van der Waals surface area contributed by atoms with Crippen LogP contribution in [0, 0.1) is 0 Å². The topological polar surface area (TPSA) is 105 Å². The molecule has 3 aromatic carbocycles. The van der Waals surface area contributed by atoms with Gasteiger partial charge in [-0.05, 0) is 48.5 Å². The summed E-state index contributed by atoms with van der Waals surface area (Å²) in [6.07, 6.45) is 0. The van der Waals surface area contributed by atoms with Crippen molar-refractivity contribution in [3.63, 3.8) is 0 Å². The van der Waals surface area contributed by atoms with Gasteiger partial charge in [0, 0.05) is 5.69 Å². The van der Waals surface area contributed by atoms with Crippen molar-refractivity contribution in [2.24, 2.45) is 0 Å². The smallest absolute Gasteiger partial charge is 0.262 e. The molecule has 0 saturated heterocycles. The molecule has 0 unspecified atom stereocenters. The molecule has 0 radical (unpaired) electrons. The largest absolute Gasteiger partial charge is 0.497 e. The van der Waals surface area contributed by atoms with Crippen LogP contribution in [-0.4, -0.2) is 42.2 Å². The van der Waals surface area contributed by atoms with Gasteiger partial charge >= 0.3 is 0 Å². The van der Waals surface area contributed by atoms with E-state index >= 15 is 0 Å². The van der Waals surface area contributed by atoms with Gasteiger partial charge in [-0.2, -0.15) is 0 Å². The normalized spacial score (nSPS) is 12.3. The predicted octanol–water partition coefficient (Wildman–Crippen LogP) is 3.18. The molecule has 0 spiro atoms. The Morgan fingerprint density at radius 2 is 1.41 bits per heavy atom. The van der Waals surface area contributed by atoms with E-state index in [1.54, 1.807) is 79.9 Å². The molecule has 8 nitrogen and oxygen atoms in total. The molecule has 0 atom stereocenters. The van der Waals surface area contributed by atoms with E-state index in [0.717, 1.165) is 4.90 Å². The highest BCUT2D eigenvalue weighted by Gasteiger charge is 2.36. The molecule has 0 bridgehead atoms. The molecule has 2 N–H and O–H groups in total. The van der Waals surface area contributed by atoms with Crippen LogP contribution in [0.1, 0.15) is 31.1 Å². The first kappa shape index (κ1) is 20.8. The molecule has 1 aliphatic heterocycles. The van der Waals surface area contributed by atoms with E-state index < -0.39 is 30.2 Å². The second-order valence-electron chi connectivity index (χ2n) is 7.02. The van der Waals surface area contributed by atoms with Crippen molar-refractivity contribution in [3.05, 3.63) is 89.5 Å². The van der Waals surface area contributed by atoms with E-state index in [1.165, 1.54) is 0 Å². The number of hydrogen-bond donors (Lipinski definition) is 2. The Balaban J connectivity index is 1.46. The average molecular weight is 429 g/mol. The van der Waals surface area contributed by atoms with Gasteiger partial charge in [-0.3, -0.25) is 24.1 Å². The summed E-state index contributed by atoms with van der Waals surface area (Å²) in [6, 6.07) is 19.7. The lowest BCUT2D eigenvalue weighted by atomic mass is 10.1. The number of carbonyl (C=O) groups is 4. The number of anilines is 2. The number of nitrogens with one attached hydrogen (secondary N) is 2. The second-order valence-corrected chi connectivity index (χ2v) is 7.02. The molecule has 4 amide bonds. The van der Waals surface area contributed by atoms with Gasteiger partial charge in [-0.1, -0.05) is 24.3 Å². The van der Waals surface area contributed by atoms with Gasteiger partial charge < -0.3 is 15.4 Å². The zero-order valence-electron chi connectivity index (χ0n) is 17.1. The maximum Gasteiger partial charge on any atom is 0.262 e. The summed E-state index contributed by atoms with van der Waals surface area (Å²) >= 11 is 0. The van der Waals surface area contributed by atoms with E-state index in [-0.39, 0.29) is 22.4 Å². The molecule has 32 heavy (non-hydrogen) atoms. The minimum absolute atomic E-state index is 0.235. The lowest BCUT2D eigenvalue weighted by molar-refractivity contribution is -0.116. The highest BCUT2D eigenvalue weighted by molar-refractivity contribution is 6.22. The van der Waals surface area contributed by atoms with Crippen LogP contribution in [0.25, 0.3) is 0 Å². The maximum atomic E-state index is 12.8. The lowest BCUT2D eigenvalue weighted by Crippen LogP contribution is -2.37. The maximum absolute atomic E-state index is 12.8. The quantitative estimate of drug-likeness (QED) is 0.586. The van der Waals surface area contributed by atoms with Crippen molar-refractivity contribution < 1.29 is 23.9 Å². The van der Waals surface area contributed by atoms with Crippen LogP contribution in [0.3, 0.4) is 0 Å². The number of imide groups is 1. The number of ether oxygens (including phenoxy) is 1. The van der Waals surface area contributed by atoms with Crippen molar-refractivity contribution in [2.45, 2.75) is 0 Å². The molecule has 0 fully saturated rings. The van der Waals surface area contributed by atoms with Gasteiger partial charge in [-0.25, -0.2) is 0 Å². The Bertz CT molecular complexity index is 1190. The van der Waals surface area contributed by atoms with Gasteiger partial charge in [-0.15, -0.1) is 0 Å². The van der Waals surface area contributed by atoms with Crippen molar-refractivity contribution >= 4 is 35.0 Å². The Hall–Kier alpha value is -4.46. The van der Waals surface area contributed by atoms with Crippen LogP contribution in [0.15, 0.2) is 72.8 Å². The van der Waals surface area contributed by atoms with E-state index in [4.69, 9.17) is 4.74 Å². The molecular formula is C24H19N3O5. The summed E-state index contributed by atoms with van der Waals surface area (Å²) in [5.41, 5.74) is 1.59. The van der Waals surface area contributed by atoms with Crippen molar-refractivity contribution in [1.29, 1.82) is 0 Å². The minimum atomic E-state index is -0.593. The zero-order valence-corrected chi connectivity index (χ0v) is 17.1. The molecule has 4 rings (SSSR count). The number of fused-ring (bicyclic) bond motifs is 1. The molecule has 3 aromatic rings. The third-order valence-electron chi connectivity index (χ3n) is 4.97. The molecule has 8 heteroatoms. The fourth-order valence-electron chi connectivity index (χ4n) is 3.38. The second kappa shape index (κ2) is 8.73. The molecule has 0 saturated carbocycles. The number of nitrogens with zero attached hydrogens (tertiary/aromatic N) is 1. The lowest BCUT2D eigenvalue weighted by Gasteiger charge is -2.15. The highest BCUT2D eigenvalue weighted by Crippen LogP contribution is 2.23. The average Bonchev–Trinajstić information content (AvgIpc) is 3.05. The molecule has 160 valence electrons. The number of rotatable bonds is 6. The Morgan fingerprint density at radius 3 is 2.03 bits per heavy atom. The molecule has 0 aliphatic carbocycles. The van der Waals surface area contributed by atoms with E-state index in [0.29, 0.717) is 11.4 Å². The third kappa shape index (κ3) is 4.06. The van der Waals surface area contributed by atoms with E-state index in [9.17, 15) is 19.2 Å². The van der Waals surface area contributed by atoms with Gasteiger partial charge in [0.2, 0.25) is 5.91 Å². The number of carbonyl (C=O) groups excluding carboxylic acids is 4. The molecule has 1 heterocycles. The number of benzene rings is 3. The zero-order chi connectivity index (χ0) is 22.7. The fraction of sp³-hybridized carbons (Fsp3) is 0.0833. The SMILES string of the molecule is COc1ccc(NC(=O)c2ccccc2NC(=O)CN2C(=O)c3ccccc3C2=O)cc1. The summed E-state index contributed by atoms with van der Waals surface area (Å²) in [5, 5.41) is 5.38. The molecule has 0 aromatic heterocycles. The number of methoxy groups -OCH3 is 1. The van der Waals surface area contributed by atoms with E-state index in [2.05, 4.69) is 10.6 Å². The van der Waals surface area contributed by atoms with Crippen LogP contribution in [0.4, 0.5) is 11.4 Å². The standard InChI is InChI=1S/C24H19N3O5/c1-32-16-12-10-15(11-13-16)25-22(29)19-8-4-5-9-20(19)26-21(28)14-27-23(30)17-6-2-3-7-18(17)24(27)31/h2-13H,14H2,1H3,(H,25,29)(H,26,28). The first-order chi connectivity index (χ1) is 15.5. The minimum Gasteiger partial charge on any atom is -0.497 e. The van der Waals surface area contributed by atoms with Gasteiger partial charge in [0.1, 0.15) is 12.3 Å². The molecule has 1 aliphatic rings. The van der Waals surface area contributed by atoms with Gasteiger partial charge in [0.05, 0.1) is 29.5 Å².